The first-order valence-electron chi connectivity index (χ1n) is 6.74. The first-order valence-corrected chi connectivity index (χ1v) is 6.74. The second-order valence-electron chi connectivity index (χ2n) is 8.01. The Morgan fingerprint density at radius 2 is 1.30 bits per heavy atom. The molecule has 0 aliphatic heterocycles. The lowest BCUT2D eigenvalue weighted by Gasteiger charge is -2.69. The minimum atomic E-state index is 0. The molecule has 0 unspecified atom stereocenters. The van der Waals surface area contributed by atoms with E-state index in [4.69, 9.17) is 5.73 Å². The Kier molecular flexibility index (Phi) is 5.10. The molecule has 4 bridgehead atoms. The van der Waals surface area contributed by atoms with Gasteiger partial charge in [-0.2, -0.15) is 0 Å². The van der Waals surface area contributed by atoms with Crippen LogP contribution in [0.1, 0.15) is 74.1 Å². The largest absolute Gasteiger partial charge is 0.351 e. The third kappa shape index (κ3) is 2.99. The van der Waals surface area contributed by atoms with Crippen molar-refractivity contribution in [3.63, 3.8) is 0 Å². The third-order valence-electron chi connectivity index (χ3n) is 5.07. The molecule has 4 heteroatoms. The summed E-state index contributed by atoms with van der Waals surface area (Å²) in [6.07, 6.45) is 7.50. The Hall–Kier alpha value is -0.280. The zero-order valence-electron chi connectivity index (χ0n) is 11.6. The van der Waals surface area contributed by atoms with E-state index in [-0.39, 0.29) is 38.7 Å². The van der Waals surface area contributed by atoms with E-state index in [1.807, 2.05) is 0 Å². The zero-order valence-corrected chi connectivity index (χ0v) is 12.5. The molecule has 6 aliphatic rings. The molecule has 1 amide bonds. The van der Waals surface area contributed by atoms with Crippen molar-refractivity contribution >= 4 is 18.3 Å². The summed E-state index contributed by atoms with van der Waals surface area (Å²) in [4.78, 5) is 10.7. The van der Waals surface area contributed by atoms with Crippen LogP contribution in [0, 0.1) is 10.8 Å². The molecule has 0 radical (unpaired) electrons. The lowest BCUT2D eigenvalue weighted by atomic mass is 9.40. The van der Waals surface area contributed by atoms with E-state index in [9.17, 15) is 4.79 Å². The summed E-state index contributed by atoms with van der Waals surface area (Å²) in [6.45, 7) is 6.21. The molecule has 20 heavy (non-hydrogen) atoms. The molecule has 6 aliphatic carbocycles. The highest BCUT2D eigenvalue weighted by atomic mass is 35.5. The molecule has 6 rings (SSSR count). The SMILES string of the molecule is C.C.CC(=O)NC12CC(C)(C1)C2.CC12CC(N)(C1)C2.Cl. The minimum Gasteiger partial charge on any atom is -0.351 e. The Bertz CT molecular complexity index is 342. The zero-order chi connectivity index (χ0) is 12.5. The van der Waals surface area contributed by atoms with Crippen molar-refractivity contribution in [3.8, 4) is 0 Å². The molecule has 0 saturated heterocycles. The lowest BCUT2D eigenvalue weighted by molar-refractivity contribution is -0.155. The van der Waals surface area contributed by atoms with Crippen LogP contribution in [0.2, 0.25) is 0 Å². The van der Waals surface area contributed by atoms with Gasteiger partial charge in [0.2, 0.25) is 5.91 Å². The van der Waals surface area contributed by atoms with E-state index >= 15 is 0 Å². The maximum Gasteiger partial charge on any atom is 0.217 e. The van der Waals surface area contributed by atoms with Gasteiger partial charge in [-0.25, -0.2) is 0 Å². The van der Waals surface area contributed by atoms with E-state index in [0.717, 1.165) is 0 Å². The van der Waals surface area contributed by atoms with Gasteiger partial charge in [0.1, 0.15) is 0 Å². The van der Waals surface area contributed by atoms with Crippen LogP contribution in [-0.4, -0.2) is 17.0 Å². The molecule has 120 valence electrons. The molecule has 0 aromatic heterocycles. The monoisotopic (exact) mass is 304 g/mol. The van der Waals surface area contributed by atoms with E-state index in [1.165, 1.54) is 38.5 Å². The summed E-state index contributed by atoms with van der Waals surface area (Å²) in [6, 6.07) is 0. The Morgan fingerprint density at radius 3 is 1.45 bits per heavy atom. The maximum atomic E-state index is 10.7. The number of hydrogen-bond acceptors (Lipinski definition) is 2. The van der Waals surface area contributed by atoms with Gasteiger partial charge < -0.3 is 11.1 Å². The van der Waals surface area contributed by atoms with E-state index < -0.39 is 0 Å². The van der Waals surface area contributed by atoms with Gasteiger partial charge in [-0.05, 0) is 49.4 Å². The number of halogens is 1. The summed E-state index contributed by atoms with van der Waals surface area (Å²) in [5.74, 6) is 0.127. The quantitative estimate of drug-likeness (QED) is 0.777. The number of amides is 1. The van der Waals surface area contributed by atoms with Crippen molar-refractivity contribution in [2.24, 2.45) is 16.6 Å². The summed E-state index contributed by atoms with van der Waals surface area (Å²) in [7, 11) is 0. The van der Waals surface area contributed by atoms with Gasteiger partial charge in [0, 0.05) is 18.0 Å². The molecule has 3 nitrogen and oxygen atoms in total. The Labute approximate surface area is 130 Å². The normalized spacial score (nSPS) is 47.6. The standard InChI is InChI=1S/C8H13NO.C6H11N.2CH4.ClH/c1-6(10)9-8-3-7(2,4-8)5-8;1-5-2-6(7,3-5)4-5;;;/h3-5H2,1-2H3,(H,9,10);2-4,7H2,1H3;2*1H4;1H. The third-order valence-corrected chi connectivity index (χ3v) is 5.07. The van der Waals surface area contributed by atoms with Crippen LogP contribution in [0.25, 0.3) is 0 Å². The number of nitrogens with one attached hydrogen (secondary N) is 1. The van der Waals surface area contributed by atoms with Crippen LogP contribution in [0.15, 0.2) is 0 Å². The van der Waals surface area contributed by atoms with Crippen molar-refractivity contribution in [1.29, 1.82) is 0 Å². The van der Waals surface area contributed by atoms with Crippen LogP contribution in [-0.2, 0) is 4.79 Å². The lowest BCUT2D eigenvalue weighted by Crippen LogP contribution is -2.73. The van der Waals surface area contributed by atoms with Crippen LogP contribution in [0.3, 0.4) is 0 Å². The summed E-state index contributed by atoms with van der Waals surface area (Å²) >= 11 is 0. The predicted octanol–water partition coefficient (Wildman–Crippen LogP) is 3.65. The summed E-state index contributed by atoms with van der Waals surface area (Å²) in [5.41, 5.74) is 7.65. The van der Waals surface area contributed by atoms with Gasteiger partial charge >= 0.3 is 0 Å². The van der Waals surface area contributed by atoms with Gasteiger partial charge in [0.15, 0.2) is 0 Å². The first kappa shape index (κ1) is 19.7. The topological polar surface area (TPSA) is 55.1 Å². The highest BCUT2D eigenvalue weighted by Crippen LogP contribution is 2.66. The van der Waals surface area contributed by atoms with Crippen molar-refractivity contribution in [2.75, 3.05) is 0 Å². The van der Waals surface area contributed by atoms with Gasteiger partial charge in [-0.1, -0.05) is 28.7 Å². The summed E-state index contributed by atoms with van der Waals surface area (Å²) in [5, 5.41) is 3.01. The van der Waals surface area contributed by atoms with Crippen molar-refractivity contribution in [2.45, 2.75) is 85.2 Å². The van der Waals surface area contributed by atoms with Crippen LogP contribution in [0.4, 0.5) is 0 Å². The molecule has 6 fully saturated rings. The highest BCUT2D eigenvalue weighted by Gasteiger charge is 2.65. The fraction of sp³-hybridized carbons (Fsp3) is 0.938. The molecule has 0 atom stereocenters. The van der Waals surface area contributed by atoms with Gasteiger partial charge in [0.05, 0.1) is 0 Å². The van der Waals surface area contributed by atoms with Gasteiger partial charge in [-0.15, -0.1) is 12.4 Å². The van der Waals surface area contributed by atoms with E-state index in [0.29, 0.717) is 16.4 Å². The number of hydrogen-bond donors (Lipinski definition) is 2. The molecule has 0 heterocycles. The van der Waals surface area contributed by atoms with Gasteiger partial charge in [0.25, 0.3) is 0 Å². The fourth-order valence-electron chi connectivity index (χ4n) is 5.20. The average Bonchev–Trinajstić information content (AvgIpc) is 1.95. The van der Waals surface area contributed by atoms with Crippen LogP contribution in [0.5, 0.6) is 0 Å². The predicted molar refractivity (Wildman–Crippen MR) is 88.1 cm³/mol. The number of nitrogens with two attached hydrogens (primary N) is 1. The molecule has 6 saturated carbocycles. The Balaban J connectivity index is 0.000000326. The van der Waals surface area contributed by atoms with Crippen molar-refractivity contribution in [3.05, 3.63) is 0 Å². The Morgan fingerprint density at radius 1 is 0.950 bits per heavy atom. The molecule has 0 aromatic carbocycles. The summed E-state index contributed by atoms with van der Waals surface area (Å²) < 4.78 is 0. The average molecular weight is 305 g/mol. The van der Waals surface area contributed by atoms with Crippen molar-refractivity contribution in [1.82, 2.24) is 5.32 Å². The maximum absolute atomic E-state index is 10.7. The molecule has 3 N–H and O–H groups in total. The van der Waals surface area contributed by atoms with E-state index in [2.05, 4.69) is 19.2 Å². The number of carbonyl (C=O) groups is 1. The fourth-order valence-corrected chi connectivity index (χ4v) is 5.20. The highest BCUT2D eigenvalue weighted by molar-refractivity contribution is 5.85. The molecule has 0 spiro atoms. The molecular weight excluding hydrogens is 272 g/mol. The second kappa shape index (κ2) is 5.17. The van der Waals surface area contributed by atoms with Crippen LogP contribution < -0.4 is 11.1 Å². The number of rotatable bonds is 1. The number of carbonyl (C=O) groups excluding carboxylic acids is 1. The van der Waals surface area contributed by atoms with Crippen LogP contribution >= 0.6 is 12.4 Å². The molecular formula is C16H33ClN2O. The minimum absolute atomic E-state index is 0. The van der Waals surface area contributed by atoms with Crippen molar-refractivity contribution < 1.29 is 4.79 Å². The second-order valence-corrected chi connectivity index (χ2v) is 8.01. The first-order chi connectivity index (χ1) is 7.66. The van der Waals surface area contributed by atoms with E-state index in [1.54, 1.807) is 6.92 Å². The van der Waals surface area contributed by atoms with Gasteiger partial charge in [-0.3, -0.25) is 4.79 Å². The smallest absolute Gasteiger partial charge is 0.217 e. The molecule has 0 aromatic rings.